The molecule has 0 spiro atoms. The van der Waals surface area contributed by atoms with Gasteiger partial charge in [-0.05, 0) is 38.1 Å². The summed E-state index contributed by atoms with van der Waals surface area (Å²) in [6.45, 7) is 3.73. The summed E-state index contributed by atoms with van der Waals surface area (Å²) in [6.07, 6.45) is 4.76. The summed E-state index contributed by atoms with van der Waals surface area (Å²) in [5, 5.41) is 3.17. The number of nitrogens with zero attached hydrogens (tertiary/aromatic N) is 1. The van der Waals surface area contributed by atoms with Crippen LogP contribution in [0.3, 0.4) is 0 Å². The van der Waals surface area contributed by atoms with Gasteiger partial charge in [0.05, 0.1) is 17.6 Å². The number of hydrogen-bond acceptors (Lipinski definition) is 4. The van der Waals surface area contributed by atoms with Crippen molar-refractivity contribution in [2.75, 3.05) is 23.6 Å². The highest BCUT2D eigenvalue weighted by Crippen LogP contribution is 2.06. The lowest BCUT2D eigenvalue weighted by Gasteiger charge is -2.07. The summed E-state index contributed by atoms with van der Waals surface area (Å²) in [7, 11) is -3.25. The first kappa shape index (κ1) is 13.9. The van der Waals surface area contributed by atoms with Crippen LogP contribution in [0, 0.1) is 0 Å². The van der Waals surface area contributed by atoms with Crippen LogP contribution in [0.25, 0.3) is 0 Å². The molecule has 0 saturated heterocycles. The minimum absolute atomic E-state index is 0.124. The molecule has 1 aromatic heterocycles. The SMILES string of the molecule is CCCNCCCS(=O)(=O)Nc1cccnc1. The van der Waals surface area contributed by atoms with E-state index >= 15 is 0 Å². The zero-order valence-electron chi connectivity index (χ0n) is 10.0. The van der Waals surface area contributed by atoms with Gasteiger partial charge in [0.15, 0.2) is 0 Å². The van der Waals surface area contributed by atoms with Crippen molar-refractivity contribution in [1.82, 2.24) is 10.3 Å². The van der Waals surface area contributed by atoms with Crippen molar-refractivity contribution < 1.29 is 8.42 Å². The summed E-state index contributed by atoms with van der Waals surface area (Å²) in [5.74, 6) is 0.124. The van der Waals surface area contributed by atoms with Crippen LogP contribution in [0.1, 0.15) is 19.8 Å². The molecule has 0 aliphatic carbocycles. The Morgan fingerprint density at radius 1 is 1.35 bits per heavy atom. The molecule has 0 saturated carbocycles. The van der Waals surface area contributed by atoms with Gasteiger partial charge in [-0.15, -0.1) is 0 Å². The summed E-state index contributed by atoms with van der Waals surface area (Å²) in [5.41, 5.74) is 0.508. The van der Waals surface area contributed by atoms with Crippen molar-refractivity contribution in [2.45, 2.75) is 19.8 Å². The van der Waals surface area contributed by atoms with Crippen LogP contribution >= 0.6 is 0 Å². The number of rotatable bonds is 8. The van der Waals surface area contributed by atoms with Gasteiger partial charge in [-0.25, -0.2) is 8.42 Å². The Morgan fingerprint density at radius 3 is 2.82 bits per heavy atom. The van der Waals surface area contributed by atoms with Gasteiger partial charge in [-0.1, -0.05) is 6.92 Å². The maximum absolute atomic E-state index is 11.7. The van der Waals surface area contributed by atoms with Crippen molar-refractivity contribution in [3.05, 3.63) is 24.5 Å². The molecule has 0 aromatic carbocycles. The van der Waals surface area contributed by atoms with Gasteiger partial charge < -0.3 is 5.32 Å². The van der Waals surface area contributed by atoms with Crippen LogP contribution in [0.2, 0.25) is 0 Å². The number of sulfonamides is 1. The zero-order chi connectivity index (χ0) is 12.6. The second-order valence-corrected chi connectivity index (χ2v) is 5.61. The van der Waals surface area contributed by atoms with Gasteiger partial charge in [0.25, 0.3) is 0 Å². The minimum atomic E-state index is -3.25. The second kappa shape index (κ2) is 7.24. The van der Waals surface area contributed by atoms with Crippen molar-refractivity contribution in [3.8, 4) is 0 Å². The summed E-state index contributed by atoms with van der Waals surface area (Å²) in [4.78, 5) is 3.85. The molecule has 0 unspecified atom stereocenters. The van der Waals surface area contributed by atoms with E-state index in [1.807, 2.05) is 0 Å². The van der Waals surface area contributed by atoms with Crippen LogP contribution in [0.5, 0.6) is 0 Å². The zero-order valence-corrected chi connectivity index (χ0v) is 10.8. The van der Waals surface area contributed by atoms with Gasteiger partial charge in [0.2, 0.25) is 10.0 Å². The van der Waals surface area contributed by atoms with E-state index in [0.717, 1.165) is 19.5 Å². The third kappa shape index (κ3) is 6.23. The molecule has 1 heterocycles. The molecule has 0 atom stereocenters. The second-order valence-electron chi connectivity index (χ2n) is 3.77. The van der Waals surface area contributed by atoms with E-state index in [1.54, 1.807) is 18.3 Å². The third-order valence-electron chi connectivity index (χ3n) is 2.13. The van der Waals surface area contributed by atoms with Gasteiger partial charge in [-0.2, -0.15) is 0 Å². The number of nitrogens with one attached hydrogen (secondary N) is 2. The van der Waals surface area contributed by atoms with Crippen LogP contribution in [-0.2, 0) is 10.0 Å². The summed E-state index contributed by atoms with van der Waals surface area (Å²) in [6, 6.07) is 3.38. The predicted octanol–water partition coefficient (Wildman–Crippen LogP) is 1.21. The van der Waals surface area contributed by atoms with Gasteiger partial charge in [-0.3, -0.25) is 9.71 Å². The van der Waals surface area contributed by atoms with Crippen molar-refractivity contribution in [3.63, 3.8) is 0 Å². The largest absolute Gasteiger partial charge is 0.317 e. The lowest BCUT2D eigenvalue weighted by Crippen LogP contribution is -2.22. The number of aromatic nitrogens is 1. The molecular weight excluding hydrogens is 238 g/mol. The standard InChI is InChI=1S/C11H19N3O2S/c1-2-6-12-8-4-9-17(15,16)14-11-5-3-7-13-10-11/h3,5,7,10,12,14H,2,4,6,8-9H2,1H3. The topological polar surface area (TPSA) is 71.1 Å². The Hall–Kier alpha value is -1.14. The van der Waals surface area contributed by atoms with E-state index in [0.29, 0.717) is 12.1 Å². The van der Waals surface area contributed by atoms with Crippen LogP contribution in [0.15, 0.2) is 24.5 Å². The van der Waals surface area contributed by atoms with Crippen LogP contribution < -0.4 is 10.0 Å². The molecule has 96 valence electrons. The highest BCUT2D eigenvalue weighted by molar-refractivity contribution is 7.92. The fourth-order valence-corrected chi connectivity index (χ4v) is 2.45. The normalized spacial score (nSPS) is 11.4. The molecule has 0 fully saturated rings. The molecule has 17 heavy (non-hydrogen) atoms. The summed E-state index contributed by atoms with van der Waals surface area (Å²) < 4.78 is 25.8. The summed E-state index contributed by atoms with van der Waals surface area (Å²) >= 11 is 0. The molecule has 0 radical (unpaired) electrons. The Balaban J connectivity index is 2.32. The lowest BCUT2D eigenvalue weighted by molar-refractivity contribution is 0.593. The third-order valence-corrected chi connectivity index (χ3v) is 3.50. The smallest absolute Gasteiger partial charge is 0.232 e. The first-order chi connectivity index (χ1) is 8.14. The highest BCUT2D eigenvalue weighted by atomic mass is 32.2. The monoisotopic (exact) mass is 257 g/mol. The molecular formula is C11H19N3O2S. The van der Waals surface area contributed by atoms with E-state index in [-0.39, 0.29) is 5.75 Å². The van der Waals surface area contributed by atoms with E-state index in [9.17, 15) is 8.42 Å². The molecule has 5 nitrogen and oxygen atoms in total. The van der Waals surface area contributed by atoms with Crippen molar-refractivity contribution >= 4 is 15.7 Å². The molecule has 6 heteroatoms. The number of hydrogen-bond donors (Lipinski definition) is 2. The van der Waals surface area contributed by atoms with Crippen LogP contribution in [-0.4, -0.2) is 32.2 Å². The van der Waals surface area contributed by atoms with Crippen LogP contribution in [0.4, 0.5) is 5.69 Å². The first-order valence-corrected chi connectivity index (χ1v) is 7.40. The van der Waals surface area contributed by atoms with Crippen molar-refractivity contribution in [2.24, 2.45) is 0 Å². The van der Waals surface area contributed by atoms with Gasteiger partial charge in [0.1, 0.15) is 0 Å². The predicted molar refractivity (Wildman–Crippen MR) is 69.4 cm³/mol. The van der Waals surface area contributed by atoms with Gasteiger partial charge in [0, 0.05) is 6.20 Å². The fraction of sp³-hybridized carbons (Fsp3) is 0.545. The van der Waals surface area contributed by atoms with Gasteiger partial charge >= 0.3 is 0 Å². The molecule has 0 bridgehead atoms. The molecule has 0 aliphatic rings. The molecule has 2 N–H and O–H groups in total. The molecule has 1 aromatic rings. The lowest BCUT2D eigenvalue weighted by atomic mass is 10.4. The average molecular weight is 257 g/mol. The van der Waals surface area contributed by atoms with E-state index in [4.69, 9.17) is 0 Å². The average Bonchev–Trinajstić information content (AvgIpc) is 2.29. The Labute approximate surface area is 103 Å². The quantitative estimate of drug-likeness (QED) is 0.687. The number of pyridine rings is 1. The molecule has 0 amide bonds. The maximum Gasteiger partial charge on any atom is 0.232 e. The highest BCUT2D eigenvalue weighted by Gasteiger charge is 2.09. The Morgan fingerprint density at radius 2 is 2.18 bits per heavy atom. The fourth-order valence-electron chi connectivity index (χ4n) is 1.34. The van der Waals surface area contributed by atoms with E-state index in [2.05, 4.69) is 21.9 Å². The number of anilines is 1. The molecule has 1 rings (SSSR count). The maximum atomic E-state index is 11.7. The first-order valence-electron chi connectivity index (χ1n) is 5.75. The van der Waals surface area contributed by atoms with E-state index < -0.39 is 10.0 Å². The van der Waals surface area contributed by atoms with E-state index in [1.165, 1.54) is 6.20 Å². The Kier molecular flexibility index (Phi) is 5.93. The molecule has 0 aliphatic heterocycles. The van der Waals surface area contributed by atoms with Crippen molar-refractivity contribution in [1.29, 1.82) is 0 Å². The minimum Gasteiger partial charge on any atom is -0.317 e. The Bertz CT molecular complexity index is 406.